The summed E-state index contributed by atoms with van der Waals surface area (Å²) in [5, 5.41) is 30.9. The molecular formula is C28H44LuN6O8. The van der Waals surface area contributed by atoms with Gasteiger partial charge in [0, 0.05) is 114 Å². The Morgan fingerprint density at radius 3 is 1.40 bits per heavy atom. The molecule has 0 atom stereocenters. The monoisotopic (exact) mass is 769 g/mol. The van der Waals surface area contributed by atoms with Crippen molar-refractivity contribution in [2.75, 3.05) is 106 Å². The van der Waals surface area contributed by atoms with E-state index >= 15 is 0 Å². The van der Waals surface area contributed by atoms with E-state index in [2.05, 4.69) is 5.32 Å². The van der Waals surface area contributed by atoms with Crippen molar-refractivity contribution in [1.29, 1.82) is 0 Å². The molecule has 0 saturated carbocycles. The number of carbonyl (C=O) groups excluding carboxylic acids is 2. The van der Waals surface area contributed by atoms with E-state index in [9.17, 15) is 39.3 Å². The third kappa shape index (κ3) is 17.0. The number of ketones is 1. The number of carboxylic acid groups (broad SMARTS) is 3. The molecule has 1 saturated heterocycles. The van der Waals surface area contributed by atoms with Crippen molar-refractivity contribution in [2.24, 2.45) is 0 Å². The Balaban J connectivity index is 0.00000924. The van der Waals surface area contributed by atoms with Crippen LogP contribution in [0.25, 0.3) is 0 Å². The minimum atomic E-state index is -1.01. The number of carboxylic acids is 3. The first-order chi connectivity index (χ1) is 19.9. The molecule has 14 nitrogen and oxygen atoms in total. The second kappa shape index (κ2) is 20.7. The largest absolute Gasteiger partial charge is 0.480 e. The summed E-state index contributed by atoms with van der Waals surface area (Å²) in [6, 6.07) is 6.87. The standard InChI is InChI=1S/C28H44N6O8.Lu/c1-30(2)8-7-29-28(42)23-5-3-22(4-6-23)17-24(35)18-31-9-11-32(19-25(36)37)13-15-34(21-27(40)41)16-14-33(12-10-31)20-26(38)39;/h3-6H,7-21H2,1-2H3,(H,29,42)(H,36,37)(H,38,39)(H,40,41);/i;1+2. The fourth-order valence-corrected chi connectivity index (χ4v) is 4.59. The van der Waals surface area contributed by atoms with E-state index in [4.69, 9.17) is 0 Å². The van der Waals surface area contributed by atoms with E-state index in [0.29, 0.717) is 64.5 Å². The van der Waals surface area contributed by atoms with Gasteiger partial charge >= 0.3 is 17.9 Å². The van der Waals surface area contributed by atoms with Gasteiger partial charge in [0.1, 0.15) is 0 Å². The molecule has 1 aliphatic heterocycles. The molecule has 249 valence electrons. The molecule has 0 aromatic heterocycles. The van der Waals surface area contributed by atoms with E-state index in [0.717, 1.165) is 12.1 Å². The number of nitrogens with one attached hydrogen (secondary N) is 1. The van der Waals surface area contributed by atoms with Crippen molar-refractivity contribution < 1.29 is 76.2 Å². The van der Waals surface area contributed by atoms with Crippen LogP contribution in [-0.2, 0) is 25.6 Å². The van der Waals surface area contributed by atoms with E-state index in [1.807, 2.05) is 23.9 Å². The Morgan fingerprint density at radius 2 is 1.05 bits per heavy atom. The normalized spacial score (nSPS) is 16.4. The van der Waals surface area contributed by atoms with Crippen molar-refractivity contribution >= 4 is 29.6 Å². The average molecular weight is 770 g/mol. The number of benzene rings is 1. The summed E-state index contributed by atoms with van der Waals surface area (Å²) in [7, 11) is 3.85. The zero-order valence-electron chi connectivity index (χ0n) is 24.8. The van der Waals surface area contributed by atoms with Crippen LogP contribution in [0.5, 0.6) is 0 Å². The smallest absolute Gasteiger partial charge is 0.317 e. The quantitative estimate of drug-likeness (QED) is 0.174. The molecule has 1 radical (unpaired) electrons. The first kappa shape index (κ1) is 38.8. The minimum absolute atomic E-state index is 0. The molecule has 0 bridgehead atoms. The van der Waals surface area contributed by atoms with Crippen molar-refractivity contribution in [3.8, 4) is 0 Å². The number of carbonyl (C=O) groups is 5. The van der Waals surface area contributed by atoms with Gasteiger partial charge in [0.2, 0.25) is 0 Å². The second-order valence-electron chi connectivity index (χ2n) is 10.8. The Hall–Kier alpha value is -2.20. The summed E-state index contributed by atoms with van der Waals surface area (Å²) in [6.07, 6.45) is 0.154. The maximum Gasteiger partial charge on any atom is 0.317 e. The van der Waals surface area contributed by atoms with Crippen molar-refractivity contribution in [3.63, 3.8) is 0 Å². The van der Waals surface area contributed by atoms with E-state index in [-0.39, 0.29) is 81.2 Å². The molecule has 15 heteroatoms. The second-order valence-corrected chi connectivity index (χ2v) is 10.8. The Bertz CT molecular complexity index is 1030. The predicted octanol–water partition coefficient (Wildman–Crippen LogP) is -1.43. The van der Waals surface area contributed by atoms with Gasteiger partial charge < -0.3 is 25.5 Å². The third-order valence-corrected chi connectivity index (χ3v) is 6.87. The minimum Gasteiger partial charge on any atom is -0.480 e. The van der Waals surface area contributed by atoms with Gasteiger partial charge in [-0.15, -0.1) is 0 Å². The first-order valence-electron chi connectivity index (χ1n) is 14.0. The van der Waals surface area contributed by atoms with Gasteiger partial charge in [-0.3, -0.25) is 43.6 Å². The summed E-state index contributed by atoms with van der Waals surface area (Å²) in [4.78, 5) is 68.6. The Morgan fingerprint density at radius 1 is 0.674 bits per heavy atom. The topological polar surface area (TPSA) is 174 Å². The maximum atomic E-state index is 13.0. The molecule has 43 heavy (non-hydrogen) atoms. The van der Waals surface area contributed by atoms with Gasteiger partial charge in [0.15, 0.2) is 5.78 Å². The van der Waals surface area contributed by atoms with Crippen LogP contribution in [0.1, 0.15) is 15.9 Å². The fraction of sp³-hybridized carbons (Fsp3) is 0.607. The van der Waals surface area contributed by atoms with Crippen LogP contribution in [0, 0.1) is 36.9 Å². The van der Waals surface area contributed by atoms with Gasteiger partial charge in [-0.1, -0.05) is 12.1 Å². The van der Waals surface area contributed by atoms with Crippen molar-refractivity contribution in [2.45, 2.75) is 6.42 Å². The molecule has 4 N–H and O–H groups in total. The Labute approximate surface area is 281 Å². The molecular weight excluding hydrogens is 725 g/mol. The number of nitrogens with zero attached hydrogens (tertiary/aromatic N) is 5. The summed E-state index contributed by atoms with van der Waals surface area (Å²) in [5.74, 6) is -3.27. The summed E-state index contributed by atoms with van der Waals surface area (Å²) < 4.78 is 0. The number of likely N-dealkylation sites (N-methyl/N-ethyl adjacent to an activating group) is 1. The molecule has 2 rings (SSSR count). The van der Waals surface area contributed by atoms with Crippen LogP contribution in [0.3, 0.4) is 0 Å². The average Bonchev–Trinajstić information content (AvgIpc) is 2.89. The van der Waals surface area contributed by atoms with Crippen molar-refractivity contribution in [3.05, 3.63) is 35.4 Å². The van der Waals surface area contributed by atoms with E-state index in [1.165, 1.54) is 0 Å². The SMILES string of the molecule is CN(C)CCNC(=O)c1ccc(CC(=O)CN2CCN(CC(=O)O)CCN(CC(=O)O)CCN(CC(=O)O)CC2)cc1.[177Lu]. The molecule has 1 fully saturated rings. The molecule has 1 heterocycles. The maximum absolute atomic E-state index is 13.0. The summed E-state index contributed by atoms with van der Waals surface area (Å²) in [6.45, 7) is 3.37. The fourth-order valence-electron chi connectivity index (χ4n) is 4.59. The van der Waals surface area contributed by atoms with Crippen LogP contribution in [0.4, 0.5) is 0 Å². The predicted molar refractivity (Wildman–Crippen MR) is 155 cm³/mol. The zero-order valence-corrected chi connectivity index (χ0v) is 26.4. The molecule has 1 aliphatic rings. The van der Waals surface area contributed by atoms with E-state index in [1.54, 1.807) is 39.0 Å². The summed E-state index contributed by atoms with van der Waals surface area (Å²) in [5.41, 5.74) is 1.27. The van der Waals surface area contributed by atoms with Crippen LogP contribution < -0.4 is 5.32 Å². The molecule has 1 aromatic rings. The van der Waals surface area contributed by atoms with Gasteiger partial charge in [-0.2, -0.15) is 0 Å². The third-order valence-electron chi connectivity index (χ3n) is 6.87. The molecule has 0 spiro atoms. The number of hydrogen-bond acceptors (Lipinski definition) is 10. The molecule has 0 aliphatic carbocycles. The van der Waals surface area contributed by atoms with Gasteiger partial charge in [-0.25, -0.2) is 0 Å². The number of hydrogen-bond donors (Lipinski definition) is 4. The van der Waals surface area contributed by atoms with E-state index < -0.39 is 17.9 Å². The van der Waals surface area contributed by atoms with Crippen LogP contribution in [-0.4, -0.2) is 175 Å². The number of aliphatic carboxylic acids is 3. The van der Waals surface area contributed by atoms with Crippen LogP contribution in [0.2, 0.25) is 0 Å². The van der Waals surface area contributed by atoms with Crippen LogP contribution >= 0.6 is 0 Å². The van der Waals surface area contributed by atoms with Crippen LogP contribution in [0.15, 0.2) is 24.3 Å². The molecule has 1 aromatic carbocycles. The number of amides is 1. The molecule has 1 amide bonds. The van der Waals surface area contributed by atoms with Crippen molar-refractivity contribution in [1.82, 2.24) is 29.8 Å². The number of Topliss-reactive ketones (excluding diaryl/α,β-unsaturated/α-hetero) is 1. The number of rotatable bonds is 14. The summed E-state index contributed by atoms with van der Waals surface area (Å²) >= 11 is 0. The zero-order chi connectivity index (χ0) is 31.1. The van der Waals surface area contributed by atoms with Gasteiger partial charge in [0.25, 0.3) is 5.91 Å². The first-order valence-corrected chi connectivity index (χ1v) is 14.0. The van der Waals surface area contributed by atoms with Gasteiger partial charge in [-0.05, 0) is 31.8 Å². The van der Waals surface area contributed by atoms with Gasteiger partial charge in [0.05, 0.1) is 26.2 Å². The Kier molecular flexibility index (Phi) is 18.7. The molecule has 0 unspecified atom stereocenters.